The highest BCUT2D eigenvalue weighted by Crippen LogP contribution is 2.34. The number of ether oxygens (including phenoxy) is 1. The van der Waals surface area contributed by atoms with Gasteiger partial charge in [0.05, 0.1) is 12.1 Å². The van der Waals surface area contributed by atoms with Crippen molar-refractivity contribution < 1.29 is 4.74 Å². The number of benzene rings is 1. The Morgan fingerprint density at radius 1 is 1.14 bits per heavy atom. The first kappa shape index (κ1) is 9.85. The molecule has 14 heavy (non-hydrogen) atoms. The van der Waals surface area contributed by atoms with Crippen molar-refractivity contribution in [3.8, 4) is 5.75 Å². The monoisotopic (exact) mass is 210 g/mol. The molecule has 0 saturated heterocycles. The van der Waals surface area contributed by atoms with Gasteiger partial charge in [-0.15, -0.1) is 0 Å². The molecule has 1 aromatic carbocycles. The lowest BCUT2D eigenvalue weighted by Crippen LogP contribution is -1.95. The Labute approximate surface area is 90.0 Å². The minimum atomic E-state index is 0.812. The molecule has 0 amide bonds. The fraction of sp³-hybridized carbons (Fsp3) is 0.500. The molecule has 0 radical (unpaired) electrons. The van der Waals surface area contributed by atoms with Crippen molar-refractivity contribution in [2.45, 2.75) is 32.1 Å². The van der Waals surface area contributed by atoms with Crippen LogP contribution in [0, 0.1) is 0 Å². The van der Waals surface area contributed by atoms with Crippen LogP contribution in [-0.2, 0) is 12.8 Å². The van der Waals surface area contributed by atoms with Crippen LogP contribution in [0.25, 0.3) is 0 Å². The average molecular weight is 211 g/mol. The zero-order valence-electron chi connectivity index (χ0n) is 8.48. The van der Waals surface area contributed by atoms with E-state index in [-0.39, 0.29) is 0 Å². The number of hydrogen-bond donors (Lipinski definition) is 0. The predicted octanol–water partition coefficient (Wildman–Crippen LogP) is 3.62. The minimum Gasteiger partial charge on any atom is -0.495 e. The third kappa shape index (κ3) is 1.74. The molecule has 2 heteroatoms. The van der Waals surface area contributed by atoms with Crippen LogP contribution in [0.2, 0.25) is 5.02 Å². The first-order chi connectivity index (χ1) is 6.83. The van der Waals surface area contributed by atoms with Crippen molar-refractivity contribution in [1.82, 2.24) is 0 Å². The molecule has 0 saturated carbocycles. The Bertz CT molecular complexity index is 333. The lowest BCUT2D eigenvalue weighted by atomic mass is 10.0. The highest BCUT2D eigenvalue weighted by molar-refractivity contribution is 6.33. The third-order valence-corrected chi connectivity index (χ3v) is 3.31. The van der Waals surface area contributed by atoms with E-state index in [1.807, 2.05) is 6.07 Å². The largest absolute Gasteiger partial charge is 0.495 e. The maximum absolute atomic E-state index is 6.27. The van der Waals surface area contributed by atoms with Gasteiger partial charge in [0.15, 0.2) is 0 Å². The van der Waals surface area contributed by atoms with Crippen LogP contribution < -0.4 is 4.74 Å². The normalized spacial score (nSPS) is 15.9. The molecule has 1 nitrogen and oxygen atoms in total. The maximum atomic E-state index is 6.27. The van der Waals surface area contributed by atoms with Crippen LogP contribution in [0.4, 0.5) is 0 Å². The zero-order valence-corrected chi connectivity index (χ0v) is 9.23. The predicted molar refractivity (Wildman–Crippen MR) is 59.3 cm³/mol. The molecule has 2 rings (SSSR count). The Kier molecular flexibility index (Phi) is 2.97. The topological polar surface area (TPSA) is 9.23 Å². The Morgan fingerprint density at radius 2 is 1.93 bits per heavy atom. The molecule has 1 aromatic rings. The van der Waals surface area contributed by atoms with Gasteiger partial charge in [-0.3, -0.25) is 0 Å². The van der Waals surface area contributed by atoms with Gasteiger partial charge in [-0.1, -0.05) is 24.1 Å². The molecule has 0 N–H and O–H groups in total. The van der Waals surface area contributed by atoms with Gasteiger partial charge in [-0.2, -0.15) is 0 Å². The van der Waals surface area contributed by atoms with Gasteiger partial charge in [-0.25, -0.2) is 0 Å². The molecule has 0 aromatic heterocycles. The number of fused-ring (bicyclic) bond motifs is 1. The maximum Gasteiger partial charge on any atom is 0.137 e. The molecular formula is C12H15ClO. The molecule has 1 aliphatic carbocycles. The van der Waals surface area contributed by atoms with Crippen LogP contribution in [-0.4, -0.2) is 7.11 Å². The fourth-order valence-corrected chi connectivity index (χ4v) is 2.45. The molecular weight excluding hydrogens is 196 g/mol. The van der Waals surface area contributed by atoms with Crippen molar-refractivity contribution in [1.29, 1.82) is 0 Å². The van der Waals surface area contributed by atoms with Gasteiger partial charge in [0.2, 0.25) is 0 Å². The van der Waals surface area contributed by atoms with E-state index in [1.54, 1.807) is 7.11 Å². The summed E-state index contributed by atoms with van der Waals surface area (Å²) < 4.78 is 5.22. The number of methoxy groups -OCH3 is 1. The molecule has 76 valence electrons. The number of rotatable bonds is 1. The smallest absolute Gasteiger partial charge is 0.137 e. The summed E-state index contributed by atoms with van der Waals surface area (Å²) in [5.41, 5.74) is 2.72. The van der Waals surface area contributed by atoms with E-state index in [2.05, 4.69) is 6.07 Å². The van der Waals surface area contributed by atoms with E-state index in [4.69, 9.17) is 16.3 Å². The van der Waals surface area contributed by atoms with Gasteiger partial charge in [0.25, 0.3) is 0 Å². The van der Waals surface area contributed by atoms with Crippen LogP contribution >= 0.6 is 11.6 Å². The van der Waals surface area contributed by atoms with Crippen LogP contribution in [0.5, 0.6) is 5.75 Å². The molecule has 0 fully saturated rings. The van der Waals surface area contributed by atoms with Crippen LogP contribution in [0.3, 0.4) is 0 Å². The van der Waals surface area contributed by atoms with Gasteiger partial charge in [0.1, 0.15) is 5.75 Å². The molecule has 0 bridgehead atoms. The van der Waals surface area contributed by atoms with Crippen molar-refractivity contribution in [2.75, 3.05) is 7.11 Å². The van der Waals surface area contributed by atoms with Gasteiger partial charge < -0.3 is 4.74 Å². The van der Waals surface area contributed by atoms with Crippen LogP contribution in [0.15, 0.2) is 12.1 Å². The quantitative estimate of drug-likeness (QED) is 0.644. The molecule has 1 aliphatic rings. The average Bonchev–Trinajstić information content (AvgIpc) is 2.44. The zero-order chi connectivity index (χ0) is 9.97. The van der Waals surface area contributed by atoms with E-state index in [9.17, 15) is 0 Å². The first-order valence-electron chi connectivity index (χ1n) is 5.17. The van der Waals surface area contributed by atoms with Crippen molar-refractivity contribution in [2.24, 2.45) is 0 Å². The lowest BCUT2D eigenvalue weighted by molar-refractivity contribution is 0.414. The van der Waals surface area contributed by atoms with Crippen molar-refractivity contribution in [3.05, 3.63) is 28.3 Å². The molecule has 0 unspecified atom stereocenters. The summed E-state index contributed by atoms with van der Waals surface area (Å²) in [4.78, 5) is 0. The van der Waals surface area contributed by atoms with E-state index in [0.717, 1.165) is 17.2 Å². The van der Waals surface area contributed by atoms with Gasteiger partial charge >= 0.3 is 0 Å². The molecule has 0 atom stereocenters. The van der Waals surface area contributed by atoms with Gasteiger partial charge in [-0.05, 0) is 42.9 Å². The van der Waals surface area contributed by atoms with E-state index in [1.165, 1.54) is 36.8 Å². The Morgan fingerprint density at radius 3 is 2.71 bits per heavy atom. The molecule has 0 heterocycles. The number of aryl methyl sites for hydroxylation is 1. The van der Waals surface area contributed by atoms with Crippen molar-refractivity contribution >= 4 is 11.6 Å². The standard InChI is InChI=1S/C12H15ClO/c1-14-11-8-7-9-5-3-2-4-6-10(9)12(11)13/h7-8H,2-6H2,1H3. The van der Waals surface area contributed by atoms with E-state index in [0.29, 0.717) is 0 Å². The van der Waals surface area contributed by atoms with Crippen LogP contribution in [0.1, 0.15) is 30.4 Å². The van der Waals surface area contributed by atoms with E-state index >= 15 is 0 Å². The summed E-state index contributed by atoms with van der Waals surface area (Å²) in [6.45, 7) is 0. The summed E-state index contributed by atoms with van der Waals surface area (Å²) in [6.07, 6.45) is 6.12. The summed E-state index contributed by atoms with van der Waals surface area (Å²) in [5.74, 6) is 0.812. The SMILES string of the molecule is COc1ccc2c(c1Cl)CCCCC2. The molecule has 0 spiro atoms. The highest BCUT2D eigenvalue weighted by Gasteiger charge is 2.14. The van der Waals surface area contributed by atoms with Crippen molar-refractivity contribution in [3.63, 3.8) is 0 Å². The minimum absolute atomic E-state index is 0.812. The third-order valence-electron chi connectivity index (χ3n) is 2.90. The second kappa shape index (κ2) is 4.22. The Balaban J connectivity index is 2.44. The van der Waals surface area contributed by atoms with E-state index < -0.39 is 0 Å². The summed E-state index contributed by atoms with van der Waals surface area (Å²) in [6, 6.07) is 4.14. The summed E-state index contributed by atoms with van der Waals surface area (Å²) in [7, 11) is 1.67. The number of halogens is 1. The molecule has 0 aliphatic heterocycles. The Hall–Kier alpha value is -0.690. The lowest BCUT2D eigenvalue weighted by Gasteiger charge is -2.11. The second-order valence-electron chi connectivity index (χ2n) is 3.78. The van der Waals surface area contributed by atoms with Gasteiger partial charge in [0, 0.05) is 0 Å². The second-order valence-corrected chi connectivity index (χ2v) is 4.16. The summed E-state index contributed by atoms with van der Waals surface area (Å²) >= 11 is 6.27. The first-order valence-corrected chi connectivity index (χ1v) is 5.55. The highest BCUT2D eigenvalue weighted by atomic mass is 35.5. The fourth-order valence-electron chi connectivity index (χ4n) is 2.10. The summed E-state index contributed by atoms with van der Waals surface area (Å²) in [5, 5.41) is 0.826. The number of hydrogen-bond acceptors (Lipinski definition) is 1.